The summed E-state index contributed by atoms with van der Waals surface area (Å²) in [6.45, 7) is 10.4. The lowest BCUT2D eigenvalue weighted by molar-refractivity contribution is -0.0562. The van der Waals surface area contributed by atoms with Crippen LogP contribution in [0.15, 0.2) is 24.3 Å². The van der Waals surface area contributed by atoms with Gasteiger partial charge in [0.1, 0.15) is 5.22 Å². The zero-order chi connectivity index (χ0) is 17.6. The van der Waals surface area contributed by atoms with Gasteiger partial charge in [-0.2, -0.15) is 0 Å². The van der Waals surface area contributed by atoms with Crippen molar-refractivity contribution in [3.63, 3.8) is 0 Å². The Labute approximate surface area is 147 Å². The van der Waals surface area contributed by atoms with E-state index in [9.17, 15) is 0 Å². The van der Waals surface area contributed by atoms with Gasteiger partial charge in [0.05, 0.1) is 0 Å². The quantitative estimate of drug-likeness (QED) is 0.557. The fourth-order valence-electron chi connectivity index (χ4n) is 4.44. The van der Waals surface area contributed by atoms with Gasteiger partial charge in [0.15, 0.2) is 0 Å². The second-order valence-corrected chi connectivity index (χ2v) is 9.84. The van der Waals surface area contributed by atoms with Gasteiger partial charge in [-0.25, -0.2) is 0 Å². The summed E-state index contributed by atoms with van der Waals surface area (Å²) in [7, 11) is -2.51. The Balaban J connectivity index is 2.55. The number of hydrogen-bond donors (Lipinski definition) is 1. The molecule has 1 heterocycles. The second kappa shape index (κ2) is 8.47. The van der Waals surface area contributed by atoms with Crippen LogP contribution in [0.3, 0.4) is 0 Å². The van der Waals surface area contributed by atoms with Gasteiger partial charge in [-0.15, -0.1) is 0 Å². The highest BCUT2D eigenvalue weighted by molar-refractivity contribution is 6.71. The molecule has 0 spiro atoms. The van der Waals surface area contributed by atoms with Crippen LogP contribution in [-0.4, -0.2) is 33.6 Å². The molecule has 4 nitrogen and oxygen atoms in total. The summed E-state index contributed by atoms with van der Waals surface area (Å²) < 4.78 is 19.3. The number of benzene rings is 1. The molecule has 1 aromatic carbocycles. The lowest BCUT2D eigenvalue weighted by atomic mass is 9.86. The van der Waals surface area contributed by atoms with Crippen molar-refractivity contribution < 1.29 is 13.6 Å². The van der Waals surface area contributed by atoms with Crippen LogP contribution in [0, 0.1) is 0 Å². The maximum absolute atomic E-state index is 6.52. The Morgan fingerprint density at radius 2 is 1.83 bits per heavy atom. The molecule has 1 saturated heterocycles. The van der Waals surface area contributed by atoms with E-state index in [1.807, 2.05) is 12.1 Å². The number of rotatable bonds is 8. The largest absolute Gasteiger partial charge is 0.399 e. The predicted octanol–water partition coefficient (Wildman–Crippen LogP) is 4.39. The van der Waals surface area contributed by atoms with Crippen LogP contribution in [0.4, 0.5) is 5.69 Å². The van der Waals surface area contributed by atoms with E-state index in [0.29, 0.717) is 19.8 Å². The molecule has 2 rings (SSSR count). The van der Waals surface area contributed by atoms with Gasteiger partial charge >= 0.3 is 8.56 Å². The Bertz CT molecular complexity index is 514. The van der Waals surface area contributed by atoms with Crippen molar-refractivity contribution in [1.29, 1.82) is 0 Å². The van der Waals surface area contributed by atoms with Gasteiger partial charge < -0.3 is 19.3 Å². The van der Waals surface area contributed by atoms with Gasteiger partial charge in [-0.05, 0) is 57.4 Å². The Morgan fingerprint density at radius 3 is 2.38 bits per heavy atom. The third-order valence-electron chi connectivity index (χ3n) is 5.20. The number of anilines is 1. The standard InChI is InChI=1S/C19H33NO3Si/c1-5-19(21-6-2)18(16-11-9-12-17(20)15-16)13-10-14-24(19,22-7-3)23-8-4/h9,11-12,15,18H,5-8,10,13-14,20H2,1-4H3. The smallest absolute Gasteiger partial charge is 0.371 e. The van der Waals surface area contributed by atoms with Crippen LogP contribution in [-0.2, 0) is 13.6 Å². The Morgan fingerprint density at radius 1 is 1.12 bits per heavy atom. The topological polar surface area (TPSA) is 53.7 Å². The van der Waals surface area contributed by atoms with Gasteiger partial charge in [-0.3, -0.25) is 0 Å². The highest BCUT2D eigenvalue weighted by atomic mass is 28.4. The summed E-state index contributed by atoms with van der Waals surface area (Å²) >= 11 is 0. The van der Waals surface area contributed by atoms with E-state index in [0.717, 1.165) is 31.0 Å². The number of ether oxygens (including phenoxy) is 1. The van der Waals surface area contributed by atoms with E-state index < -0.39 is 8.56 Å². The van der Waals surface area contributed by atoms with Gasteiger partial charge in [0.25, 0.3) is 0 Å². The van der Waals surface area contributed by atoms with Crippen molar-refractivity contribution in [1.82, 2.24) is 0 Å². The number of nitrogens with two attached hydrogens (primary N) is 1. The highest BCUT2D eigenvalue weighted by Gasteiger charge is 2.63. The number of hydrogen-bond acceptors (Lipinski definition) is 4. The third-order valence-corrected chi connectivity index (χ3v) is 9.86. The zero-order valence-corrected chi connectivity index (χ0v) is 16.6. The minimum atomic E-state index is -2.51. The van der Waals surface area contributed by atoms with Crippen LogP contribution in [0.2, 0.25) is 6.04 Å². The summed E-state index contributed by atoms with van der Waals surface area (Å²) in [5.41, 5.74) is 8.12. The van der Waals surface area contributed by atoms with E-state index in [4.69, 9.17) is 19.3 Å². The number of nitrogen functional groups attached to an aromatic ring is 1. The van der Waals surface area contributed by atoms with Crippen molar-refractivity contribution in [3.05, 3.63) is 29.8 Å². The molecule has 0 saturated carbocycles. The van der Waals surface area contributed by atoms with Crippen molar-refractivity contribution in [2.24, 2.45) is 0 Å². The van der Waals surface area contributed by atoms with Crippen LogP contribution < -0.4 is 5.73 Å². The molecule has 5 heteroatoms. The van der Waals surface area contributed by atoms with Crippen molar-refractivity contribution in [2.45, 2.75) is 64.1 Å². The summed E-state index contributed by atoms with van der Waals surface area (Å²) in [6, 6.07) is 9.25. The zero-order valence-electron chi connectivity index (χ0n) is 15.6. The molecule has 2 N–H and O–H groups in total. The SMILES string of the molecule is CCOC1(CC)C(c2cccc(N)c2)CCC[Si]1(OCC)OCC. The lowest BCUT2D eigenvalue weighted by Gasteiger charge is -2.53. The van der Waals surface area contributed by atoms with Crippen LogP contribution in [0.25, 0.3) is 0 Å². The van der Waals surface area contributed by atoms with Crippen molar-refractivity contribution in [3.8, 4) is 0 Å². The van der Waals surface area contributed by atoms with E-state index in [2.05, 4.69) is 39.8 Å². The van der Waals surface area contributed by atoms with Crippen LogP contribution in [0.1, 0.15) is 58.4 Å². The maximum Gasteiger partial charge on any atom is 0.371 e. The minimum absolute atomic E-state index is 0.268. The lowest BCUT2D eigenvalue weighted by Crippen LogP contribution is -2.68. The maximum atomic E-state index is 6.52. The van der Waals surface area contributed by atoms with Crippen molar-refractivity contribution in [2.75, 3.05) is 25.6 Å². The molecule has 1 aliphatic heterocycles. The highest BCUT2D eigenvalue weighted by Crippen LogP contribution is 2.51. The molecular weight excluding hydrogens is 318 g/mol. The Hall–Kier alpha value is -0.883. The molecule has 1 aliphatic rings. The normalized spacial score (nSPS) is 26.4. The minimum Gasteiger partial charge on any atom is -0.399 e. The molecule has 2 atom stereocenters. The van der Waals surface area contributed by atoms with Gasteiger partial charge in [0.2, 0.25) is 0 Å². The molecule has 136 valence electrons. The molecule has 24 heavy (non-hydrogen) atoms. The fourth-order valence-corrected chi connectivity index (χ4v) is 9.07. The summed E-state index contributed by atoms with van der Waals surface area (Å²) in [5.74, 6) is 0.268. The van der Waals surface area contributed by atoms with Crippen molar-refractivity contribution >= 4 is 14.2 Å². The van der Waals surface area contributed by atoms with E-state index in [1.54, 1.807) is 0 Å². The molecule has 2 unspecified atom stereocenters. The van der Waals surface area contributed by atoms with Gasteiger partial charge in [0, 0.05) is 31.4 Å². The molecule has 1 fully saturated rings. The summed E-state index contributed by atoms with van der Waals surface area (Å²) in [6.07, 6.45) is 3.10. The average molecular weight is 352 g/mol. The van der Waals surface area contributed by atoms with E-state index >= 15 is 0 Å². The molecule has 0 amide bonds. The molecular formula is C19H33NO3Si. The molecule has 0 aliphatic carbocycles. The first-order valence-corrected chi connectivity index (χ1v) is 11.4. The fraction of sp³-hybridized carbons (Fsp3) is 0.684. The predicted molar refractivity (Wildman–Crippen MR) is 101 cm³/mol. The summed E-state index contributed by atoms with van der Waals surface area (Å²) in [5, 5.41) is -0.361. The third kappa shape index (κ3) is 3.40. The Kier molecular flexibility index (Phi) is 6.86. The monoisotopic (exact) mass is 351 g/mol. The van der Waals surface area contributed by atoms with E-state index in [-0.39, 0.29) is 11.1 Å². The van der Waals surface area contributed by atoms with Crippen LogP contribution >= 0.6 is 0 Å². The first-order chi connectivity index (χ1) is 11.6. The molecule has 1 aromatic rings. The first kappa shape index (κ1) is 19.4. The molecule has 0 radical (unpaired) electrons. The first-order valence-electron chi connectivity index (χ1n) is 9.36. The molecule has 0 aromatic heterocycles. The van der Waals surface area contributed by atoms with Gasteiger partial charge in [-0.1, -0.05) is 25.5 Å². The van der Waals surface area contributed by atoms with E-state index in [1.165, 1.54) is 5.56 Å². The summed E-state index contributed by atoms with van der Waals surface area (Å²) in [4.78, 5) is 0. The molecule has 0 bridgehead atoms. The second-order valence-electron chi connectivity index (χ2n) is 6.41. The average Bonchev–Trinajstić information content (AvgIpc) is 2.57. The van der Waals surface area contributed by atoms with Crippen LogP contribution in [0.5, 0.6) is 0 Å².